The monoisotopic (exact) mass is 430 g/mol. The van der Waals surface area contributed by atoms with Crippen LogP contribution in [0.2, 0.25) is 0 Å². The smallest absolute Gasteiger partial charge is 0.233 e. The topological polar surface area (TPSA) is 41.4 Å². The quantitative estimate of drug-likeness (QED) is 0.408. The normalized spacial score (nSPS) is 10.7. The third-order valence-electron chi connectivity index (χ3n) is 4.15. The van der Waals surface area contributed by atoms with E-state index in [4.69, 9.17) is 12.2 Å². The molecule has 0 N–H and O–H groups in total. The van der Waals surface area contributed by atoms with Crippen LogP contribution in [-0.2, 0) is 11.3 Å². The largest absolute Gasteiger partial charge is 0.378 e. The van der Waals surface area contributed by atoms with E-state index in [1.54, 1.807) is 9.58 Å². The van der Waals surface area contributed by atoms with Gasteiger partial charge in [0.2, 0.25) is 5.91 Å². The van der Waals surface area contributed by atoms with Gasteiger partial charge in [-0.3, -0.25) is 4.79 Å². The number of benzene rings is 2. The van der Waals surface area contributed by atoms with Gasteiger partial charge in [-0.2, -0.15) is 0 Å². The zero-order valence-corrected chi connectivity index (χ0v) is 18.5. The van der Waals surface area contributed by atoms with Crippen molar-refractivity contribution in [1.29, 1.82) is 0 Å². The van der Waals surface area contributed by atoms with Gasteiger partial charge in [-0.25, -0.2) is 4.68 Å². The first-order chi connectivity index (χ1) is 13.4. The van der Waals surface area contributed by atoms with Gasteiger partial charge in [0, 0.05) is 33.4 Å². The number of carbonyl (C=O) groups is 1. The number of aromatic nitrogens is 2. The number of anilines is 1. The molecule has 5 nitrogen and oxygen atoms in total. The Bertz CT molecular complexity index is 981. The lowest BCUT2D eigenvalue weighted by Crippen LogP contribution is -2.27. The summed E-state index contributed by atoms with van der Waals surface area (Å²) in [7, 11) is 5.85. The number of thioether (sulfide) groups is 1. The van der Waals surface area contributed by atoms with E-state index in [9.17, 15) is 4.79 Å². The highest BCUT2D eigenvalue weighted by atomic mass is 32.2. The van der Waals surface area contributed by atoms with E-state index < -0.39 is 0 Å². The number of rotatable bonds is 7. The standard InChI is InChI=1S/C20H22N4OS3/c1-22(2)16-11-9-15(10-12-16)13-23(3)18(25)14-27-19-21-24(20(26)28-19)17-7-5-4-6-8-17/h4-12H,13-14H2,1-3H3. The summed E-state index contributed by atoms with van der Waals surface area (Å²) in [4.78, 5) is 16.3. The third kappa shape index (κ3) is 5.21. The van der Waals surface area contributed by atoms with E-state index in [2.05, 4.69) is 34.3 Å². The molecule has 1 heterocycles. The van der Waals surface area contributed by atoms with E-state index in [0.717, 1.165) is 21.3 Å². The van der Waals surface area contributed by atoms with Crippen molar-refractivity contribution in [3.63, 3.8) is 0 Å². The van der Waals surface area contributed by atoms with Gasteiger partial charge in [-0.15, -0.1) is 5.10 Å². The summed E-state index contributed by atoms with van der Waals surface area (Å²) in [6.45, 7) is 0.585. The maximum Gasteiger partial charge on any atom is 0.233 e. The third-order valence-corrected chi connectivity index (χ3v) is 6.50. The zero-order chi connectivity index (χ0) is 20.1. The van der Waals surface area contributed by atoms with Crippen LogP contribution in [0.1, 0.15) is 5.56 Å². The van der Waals surface area contributed by atoms with Crippen molar-refractivity contribution in [3.8, 4) is 5.69 Å². The highest BCUT2D eigenvalue weighted by Crippen LogP contribution is 2.24. The van der Waals surface area contributed by atoms with E-state index in [1.807, 2.05) is 51.5 Å². The maximum absolute atomic E-state index is 12.5. The molecular weight excluding hydrogens is 408 g/mol. The number of para-hydroxylation sites is 1. The second-order valence-corrected chi connectivity index (χ2v) is 9.33. The summed E-state index contributed by atoms with van der Waals surface area (Å²) in [6, 6.07) is 18.0. The van der Waals surface area contributed by atoms with Crippen LogP contribution in [0.5, 0.6) is 0 Å². The van der Waals surface area contributed by atoms with Gasteiger partial charge >= 0.3 is 0 Å². The lowest BCUT2D eigenvalue weighted by molar-refractivity contribution is -0.127. The Hall–Kier alpha value is -2.16. The van der Waals surface area contributed by atoms with Crippen molar-refractivity contribution in [3.05, 3.63) is 64.1 Å². The molecule has 0 aliphatic carbocycles. The van der Waals surface area contributed by atoms with Gasteiger partial charge in [0.15, 0.2) is 8.29 Å². The summed E-state index contributed by atoms with van der Waals surface area (Å²) in [5.41, 5.74) is 3.18. The van der Waals surface area contributed by atoms with Crippen LogP contribution in [0, 0.1) is 3.95 Å². The molecule has 0 spiro atoms. The van der Waals surface area contributed by atoms with Crippen molar-refractivity contribution < 1.29 is 4.79 Å². The summed E-state index contributed by atoms with van der Waals surface area (Å²) in [5.74, 6) is 0.401. The predicted octanol–water partition coefficient (Wildman–Crippen LogP) is 4.48. The number of amides is 1. The van der Waals surface area contributed by atoms with Crippen LogP contribution in [0.3, 0.4) is 0 Å². The Kier molecular flexibility index (Phi) is 6.88. The van der Waals surface area contributed by atoms with E-state index in [0.29, 0.717) is 16.3 Å². The second-order valence-electron chi connectivity index (χ2n) is 6.48. The minimum Gasteiger partial charge on any atom is -0.378 e. The summed E-state index contributed by atoms with van der Waals surface area (Å²) < 4.78 is 3.21. The molecule has 1 aromatic heterocycles. The lowest BCUT2D eigenvalue weighted by atomic mass is 10.2. The molecule has 8 heteroatoms. The molecule has 28 heavy (non-hydrogen) atoms. The molecule has 0 bridgehead atoms. The summed E-state index contributed by atoms with van der Waals surface area (Å²) >= 11 is 8.26. The minimum absolute atomic E-state index is 0.0639. The molecule has 3 aromatic rings. The summed E-state index contributed by atoms with van der Waals surface area (Å²) in [6.07, 6.45) is 0. The van der Waals surface area contributed by atoms with E-state index in [1.165, 1.54) is 23.1 Å². The van der Waals surface area contributed by atoms with Crippen molar-refractivity contribution in [1.82, 2.24) is 14.7 Å². The first kappa shape index (κ1) is 20.6. The Balaban J connectivity index is 1.57. The van der Waals surface area contributed by atoms with Crippen LogP contribution >= 0.6 is 35.3 Å². The molecule has 0 atom stereocenters. The molecule has 0 saturated heterocycles. The molecule has 0 aliphatic rings. The molecular formula is C20H22N4OS3. The average molecular weight is 431 g/mol. The SMILES string of the molecule is CN(Cc1ccc(N(C)C)cc1)C(=O)CSc1nn(-c2ccccc2)c(=S)s1. The van der Waals surface area contributed by atoms with Gasteiger partial charge < -0.3 is 9.80 Å². The van der Waals surface area contributed by atoms with Crippen molar-refractivity contribution in [2.75, 3.05) is 31.8 Å². The Morgan fingerprint density at radius 3 is 2.43 bits per heavy atom. The highest BCUT2D eigenvalue weighted by molar-refractivity contribution is 8.01. The van der Waals surface area contributed by atoms with Crippen molar-refractivity contribution in [2.45, 2.75) is 10.9 Å². The Morgan fingerprint density at radius 2 is 1.79 bits per heavy atom. The van der Waals surface area contributed by atoms with Gasteiger partial charge in [0.05, 0.1) is 11.4 Å². The van der Waals surface area contributed by atoms with Gasteiger partial charge in [0.1, 0.15) is 0 Å². The average Bonchev–Trinajstić information content (AvgIpc) is 3.07. The van der Waals surface area contributed by atoms with Crippen LogP contribution in [-0.4, -0.2) is 47.5 Å². The number of hydrogen-bond donors (Lipinski definition) is 0. The van der Waals surface area contributed by atoms with Crippen LogP contribution in [0.4, 0.5) is 5.69 Å². The van der Waals surface area contributed by atoms with Crippen LogP contribution in [0.25, 0.3) is 5.69 Å². The van der Waals surface area contributed by atoms with E-state index in [-0.39, 0.29) is 5.91 Å². The van der Waals surface area contributed by atoms with Crippen molar-refractivity contribution in [2.24, 2.45) is 0 Å². The molecule has 146 valence electrons. The molecule has 0 unspecified atom stereocenters. The van der Waals surface area contributed by atoms with Gasteiger partial charge in [0.25, 0.3) is 0 Å². The van der Waals surface area contributed by atoms with Crippen molar-refractivity contribution >= 4 is 46.9 Å². The van der Waals surface area contributed by atoms with Gasteiger partial charge in [-0.1, -0.05) is 53.4 Å². The number of nitrogens with zero attached hydrogens (tertiary/aromatic N) is 4. The fourth-order valence-corrected chi connectivity index (χ4v) is 4.85. The molecule has 0 saturated carbocycles. The fourth-order valence-electron chi connectivity index (χ4n) is 2.55. The summed E-state index contributed by atoms with van der Waals surface area (Å²) in [5, 5.41) is 4.54. The molecule has 0 radical (unpaired) electrons. The number of carbonyl (C=O) groups excluding carboxylic acids is 1. The van der Waals surface area contributed by atoms with Crippen LogP contribution in [0.15, 0.2) is 58.9 Å². The molecule has 0 fully saturated rings. The van der Waals surface area contributed by atoms with E-state index >= 15 is 0 Å². The first-order valence-electron chi connectivity index (χ1n) is 8.72. The van der Waals surface area contributed by atoms with Crippen LogP contribution < -0.4 is 4.90 Å². The minimum atomic E-state index is 0.0639. The maximum atomic E-state index is 12.5. The second kappa shape index (κ2) is 9.36. The van der Waals surface area contributed by atoms with Gasteiger partial charge in [-0.05, 0) is 42.0 Å². The Labute approximate surface area is 178 Å². The first-order valence-corrected chi connectivity index (χ1v) is 10.9. The lowest BCUT2D eigenvalue weighted by Gasteiger charge is -2.18. The predicted molar refractivity (Wildman–Crippen MR) is 120 cm³/mol. The fraction of sp³-hybridized carbons (Fsp3) is 0.250. The zero-order valence-electron chi connectivity index (χ0n) is 16.0. The molecule has 3 rings (SSSR count). The highest BCUT2D eigenvalue weighted by Gasteiger charge is 2.13. The molecule has 0 aliphatic heterocycles. The molecule has 1 amide bonds. The Morgan fingerprint density at radius 1 is 1.11 bits per heavy atom. The molecule has 2 aromatic carbocycles. The number of hydrogen-bond acceptors (Lipinski definition) is 6.